The molecule has 0 radical (unpaired) electrons. The number of nitrogens with one attached hydrogen (secondary N) is 1. The normalized spacial score (nSPS) is 19.1. The van der Waals surface area contributed by atoms with Gasteiger partial charge in [-0.2, -0.15) is 9.97 Å². The van der Waals surface area contributed by atoms with Gasteiger partial charge in [-0.15, -0.1) is 9.63 Å². The van der Waals surface area contributed by atoms with Crippen LogP contribution in [0.15, 0.2) is 18.2 Å². The lowest BCUT2D eigenvalue weighted by Crippen LogP contribution is -2.50. The third-order valence-corrected chi connectivity index (χ3v) is 6.44. The minimum atomic E-state index is 0.121. The highest BCUT2D eigenvalue weighted by atomic mass is 35.5. The van der Waals surface area contributed by atoms with Gasteiger partial charge in [-0.25, -0.2) is 0 Å². The van der Waals surface area contributed by atoms with E-state index in [0.29, 0.717) is 27.4 Å². The molecule has 32 heavy (non-hydrogen) atoms. The summed E-state index contributed by atoms with van der Waals surface area (Å²) in [6, 6.07) is 6.00. The second-order valence-corrected chi connectivity index (χ2v) is 9.23. The SMILES string of the molecule is COc1ccc(Nc2nc(OC3CCCCCC3)nc(O[N+]3(C)CCCCC3)n2)cc1Cl. The minimum Gasteiger partial charge on any atom is -0.495 e. The standard InChI is InChI=1S/C23H33ClN5O3/c1-29(14-8-5-9-15-29)32-23-27-21(25-17-12-13-20(30-2)19(24)16-17)26-22(28-23)31-18-10-6-3-4-7-11-18/h12-13,16,18H,3-11,14-15H2,1-2H3,(H,25,26,27,28)/q+1. The number of rotatable bonds is 7. The van der Waals surface area contributed by atoms with Gasteiger partial charge in [-0.3, -0.25) is 4.84 Å². The number of hydrogen-bond donors (Lipinski definition) is 1. The van der Waals surface area contributed by atoms with E-state index in [0.717, 1.165) is 44.5 Å². The zero-order valence-corrected chi connectivity index (χ0v) is 19.7. The summed E-state index contributed by atoms with van der Waals surface area (Å²) >= 11 is 6.28. The summed E-state index contributed by atoms with van der Waals surface area (Å²) in [6.07, 6.45) is 10.5. The number of benzene rings is 1. The summed E-state index contributed by atoms with van der Waals surface area (Å²) in [4.78, 5) is 19.8. The molecule has 9 heteroatoms. The number of ether oxygens (including phenoxy) is 2. The minimum absolute atomic E-state index is 0.121. The van der Waals surface area contributed by atoms with Gasteiger partial charge in [0.05, 0.1) is 12.1 Å². The van der Waals surface area contributed by atoms with Crippen molar-refractivity contribution in [3.63, 3.8) is 0 Å². The average Bonchev–Trinajstić information content (AvgIpc) is 3.02. The van der Waals surface area contributed by atoms with E-state index in [1.54, 1.807) is 19.2 Å². The van der Waals surface area contributed by atoms with Crippen LogP contribution >= 0.6 is 11.6 Å². The number of hydroxylamine groups is 3. The number of halogens is 1. The second kappa shape index (κ2) is 10.5. The summed E-state index contributed by atoms with van der Waals surface area (Å²) in [5.41, 5.74) is 0.742. The Balaban J connectivity index is 1.57. The van der Waals surface area contributed by atoms with E-state index in [9.17, 15) is 0 Å². The Morgan fingerprint density at radius 3 is 2.31 bits per heavy atom. The van der Waals surface area contributed by atoms with Crippen molar-refractivity contribution in [3.05, 3.63) is 23.2 Å². The van der Waals surface area contributed by atoms with Crippen molar-refractivity contribution >= 4 is 23.2 Å². The van der Waals surface area contributed by atoms with Gasteiger partial charge in [0.2, 0.25) is 5.95 Å². The molecule has 0 atom stereocenters. The monoisotopic (exact) mass is 462 g/mol. The van der Waals surface area contributed by atoms with E-state index in [4.69, 9.17) is 25.9 Å². The van der Waals surface area contributed by atoms with Crippen LogP contribution in [0.3, 0.4) is 0 Å². The molecular weight excluding hydrogens is 430 g/mol. The first-order valence-electron chi connectivity index (χ1n) is 11.6. The van der Waals surface area contributed by atoms with Crippen molar-refractivity contribution in [1.82, 2.24) is 15.0 Å². The third kappa shape index (κ3) is 6.13. The molecule has 1 aliphatic heterocycles. The zero-order chi connectivity index (χ0) is 22.4. The van der Waals surface area contributed by atoms with Crippen LogP contribution in [0.4, 0.5) is 11.6 Å². The van der Waals surface area contributed by atoms with Crippen molar-refractivity contribution in [1.29, 1.82) is 0 Å². The first-order valence-corrected chi connectivity index (χ1v) is 12.0. The molecule has 2 heterocycles. The maximum atomic E-state index is 6.28. The largest absolute Gasteiger partial charge is 0.495 e. The molecule has 0 amide bonds. The van der Waals surface area contributed by atoms with Crippen LogP contribution < -0.4 is 19.6 Å². The van der Waals surface area contributed by atoms with Gasteiger partial charge in [-0.05, 0) is 50.3 Å². The van der Waals surface area contributed by atoms with E-state index < -0.39 is 0 Å². The highest BCUT2D eigenvalue weighted by molar-refractivity contribution is 6.32. The molecule has 0 bridgehead atoms. The molecule has 1 aromatic heterocycles. The molecule has 0 unspecified atom stereocenters. The summed E-state index contributed by atoms with van der Waals surface area (Å²) < 4.78 is 11.9. The molecule has 1 aromatic carbocycles. The molecule has 4 rings (SSSR count). The number of quaternary nitrogens is 1. The molecule has 2 aliphatic rings. The van der Waals surface area contributed by atoms with Gasteiger partial charge in [-0.1, -0.05) is 24.4 Å². The van der Waals surface area contributed by atoms with Gasteiger partial charge in [0.15, 0.2) is 0 Å². The molecule has 1 N–H and O–H groups in total. The Bertz CT molecular complexity index is 899. The molecule has 2 aromatic rings. The second-order valence-electron chi connectivity index (χ2n) is 8.83. The van der Waals surface area contributed by atoms with Crippen molar-refractivity contribution in [2.24, 2.45) is 0 Å². The summed E-state index contributed by atoms with van der Waals surface area (Å²) in [5, 5.41) is 3.71. The van der Waals surface area contributed by atoms with Crippen LogP contribution in [0.5, 0.6) is 17.8 Å². The van der Waals surface area contributed by atoms with Crippen molar-refractivity contribution < 1.29 is 19.0 Å². The molecule has 1 saturated heterocycles. The summed E-state index contributed by atoms with van der Waals surface area (Å²) in [7, 11) is 3.66. The highest BCUT2D eigenvalue weighted by Crippen LogP contribution is 2.29. The van der Waals surface area contributed by atoms with Crippen LogP contribution in [-0.2, 0) is 0 Å². The van der Waals surface area contributed by atoms with Gasteiger partial charge in [0, 0.05) is 18.5 Å². The number of aromatic nitrogens is 3. The molecule has 0 spiro atoms. The van der Waals surface area contributed by atoms with Gasteiger partial charge < -0.3 is 14.8 Å². The number of piperidine rings is 1. The first-order chi connectivity index (χ1) is 15.5. The predicted molar refractivity (Wildman–Crippen MR) is 124 cm³/mol. The number of nitrogens with zero attached hydrogens (tertiary/aromatic N) is 4. The van der Waals surface area contributed by atoms with Gasteiger partial charge in [0.1, 0.15) is 32.0 Å². The van der Waals surface area contributed by atoms with Crippen LogP contribution in [0.1, 0.15) is 57.8 Å². The van der Waals surface area contributed by atoms with E-state index >= 15 is 0 Å². The number of hydrogen-bond acceptors (Lipinski definition) is 7. The highest BCUT2D eigenvalue weighted by Gasteiger charge is 2.30. The fourth-order valence-electron chi connectivity index (χ4n) is 4.34. The summed E-state index contributed by atoms with van der Waals surface area (Å²) in [5.74, 6) is 0.972. The van der Waals surface area contributed by atoms with E-state index in [-0.39, 0.29) is 12.1 Å². The first kappa shape index (κ1) is 22.9. The predicted octanol–water partition coefficient (Wildman–Crippen LogP) is 5.30. The Labute approximate surface area is 194 Å². The maximum Gasteiger partial charge on any atom is 0.386 e. The Hall–Kier alpha value is -2.32. The van der Waals surface area contributed by atoms with Gasteiger partial charge in [0.25, 0.3) is 0 Å². The Morgan fingerprint density at radius 2 is 1.62 bits per heavy atom. The molecule has 174 valence electrons. The number of methoxy groups -OCH3 is 1. The van der Waals surface area contributed by atoms with Gasteiger partial charge >= 0.3 is 12.0 Å². The number of anilines is 2. The molecule has 1 saturated carbocycles. The lowest BCUT2D eigenvalue weighted by Gasteiger charge is -2.33. The zero-order valence-electron chi connectivity index (χ0n) is 19.0. The quantitative estimate of drug-likeness (QED) is 0.441. The van der Waals surface area contributed by atoms with Crippen molar-refractivity contribution in [2.45, 2.75) is 63.9 Å². The Kier molecular flexibility index (Phi) is 7.52. The smallest absolute Gasteiger partial charge is 0.386 e. The number of likely N-dealkylation sites (tertiary alicyclic amines) is 1. The van der Waals surface area contributed by atoms with Crippen LogP contribution in [0.2, 0.25) is 5.02 Å². The lowest BCUT2D eigenvalue weighted by atomic mass is 10.1. The fraction of sp³-hybridized carbons (Fsp3) is 0.609. The average molecular weight is 463 g/mol. The van der Waals surface area contributed by atoms with Crippen LogP contribution in [0.25, 0.3) is 0 Å². The topological polar surface area (TPSA) is 78.4 Å². The lowest BCUT2D eigenvalue weighted by molar-refractivity contribution is -1.07. The molecule has 8 nitrogen and oxygen atoms in total. The van der Waals surface area contributed by atoms with Crippen molar-refractivity contribution in [2.75, 3.05) is 32.6 Å². The van der Waals surface area contributed by atoms with Crippen LogP contribution in [0, 0.1) is 0 Å². The fourth-order valence-corrected chi connectivity index (χ4v) is 4.60. The molecule has 2 fully saturated rings. The summed E-state index contributed by atoms with van der Waals surface area (Å²) in [6.45, 7) is 1.86. The van der Waals surface area contributed by atoms with E-state index in [2.05, 4.69) is 27.3 Å². The van der Waals surface area contributed by atoms with E-state index in [1.807, 2.05) is 6.07 Å². The van der Waals surface area contributed by atoms with E-state index in [1.165, 1.54) is 32.1 Å². The van der Waals surface area contributed by atoms with Crippen LogP contribution in [-0.4, -0.2) is 52.9 Å². The molecule has 1 aliphatic carbocycles. The Morgan fingerprint density at radius 1 is 0.938 bits per heavy atom. The van der Waals surface area contributed by atoms with Crippen molar-refractivity contribution in [3.8, 4) is 17.8 Å². The molecular formula is C23H33ClN5O3+. The maximum absolute atomic E-state index is 6.28. The third-order valence-electron chi connectivity index (χ3n) is 6.14.